The van der Waals surface area contributed by atoms with E-state index in [0.29, 0.717) is 24.3 Å². The molecule has 1 fully saturated rings. The Balaban J connectivity index is 1.46. The predicted octanol–water partition coefficient (Wildman–Crippen LogP) is 1.33. The summed E-state index contributed by atoms with van der Waals surface area (Å²) < 4.78 is 16.4. The molecule has 0 spiro atoms. The molecular formula is C21H23FN6O2. The molecule has 1 aromatic carbocycles. The second-order valence-corrected chi connectivity index (χ2v) is 7.32. The van der Waals surface area contributed by atoms with E-state index >= 15 is 0 Å². The van der Waals surface area contributed by atoms with Crippen LogP contribution in [0, 0.1) is 12.7 Å². The molecule has 9 heteroatoms. The van der Waals surface area contributed by atoms with E-state index in [9.17, 15) is 14.0 Å². The monoisotopic (exact) mass is 410 g/mol. The van der Waals surface area contributed by atoms with Crippen molar-refractivity contribution in [2.75, 3.05) is 32.7 Å². The number of carbonyl (C=O) groups excluding carboxylic acids is 1. The molecule has 0 aliphatic carbocycles. The maximum atomic E-state index is 13.2. The van der Waals surface area contributed by atoms with Crippen molar-refractivity contribution in [2.45, 2.75) is 13.5 Å². The quantitative estimate of drug-likeness (QED) is 0.634. The molecule has 1 aliphatic heterocycles. The van der Waals surface area contributed by atoms with E-state index in [1.807, 2.05) is 0 Å². The zero-order valence-corrected chi connectivity index (χ0v) is 16.7. The first-order valence-corrected chi connectivity index (χ1v) is 9.85. The average Bonchev–Trinajstić information content (AvgIpc) is 3.27. The number of aryl methyl sites for hydroxylation is 1. The highest BCUT2D eigenvalue weighted by Gasteiger charge is 2.26. The molecule has 30 heavy (non-hydrogen) atoms. The van der Waals surface area contributed by atoms with Crippen LogP contribution in [-0.4, -0.2) is 67.8 Å². The molecule has 3 heterocycles. The smallest absolute Gasteiger partial charge is 0.268 e. The van der Waals surface area contributed by atoms with Crippen molar-refractivity contribution >= 4 is 5.91 Å². The lowest BCUT2D eigenvalue weighted by molar-refractivity contribution is 0.0629. The van der Waals surface area contributed by atoms with Crippen LogP contribution in [0.5, 0.6) is 0 Å². The lowest BCUT2D eigenvalue weighted by Crippen LogP contribution is -2.50. The van der Waals surface area contributed by atoms with E-state index < -0.39 is 0 Å². The molecule has 0 saturated carbocycles. The van der Waals surface area contributed by atoms with Gasteiger partial charge in [-0.3, -0.25) is 23.7 Å². The summed E-state index contributed by atoms with van der Waals surface area (Å²) in [5.74, 6) is -0.637. The zero-order chi connectivity index (χ0) is 21.1. The van der Waals surface area contributed by atoms with Gasteiger partial charge in [0, 0.05) is 44.6 Å². The molecule has 8 nitrogen and oxygen atoms in total. The first-order chi connectivity index (χ1) is 14.5. The van der Waals surface area contributed by atoms with Crippen LogP contribution in [0.25, 0.3) is 5.69 Å². The van der Waals surface area contributed by atoms with Gasteiger partial charge in [-0.2, -0.15) is 5.10 Å². The normalized spacial score (nSPS) is 14.8. The summed E-state index contributed by atoms with van der Waals surface area (Å²) in [5.41, 5.74) is 0.934. The van der Waals surface area contributed by atoms with Crippen LogP contribution in [0.1, 0.15) is 15.9 Å². The van der Waals surface area contributed by atoms with Gasteiger partial charge in [-0.1, -0.05) is 0 Å². The highest BCUT2D eigenvalue weighted by Crippen LogP contribution is 2.13. The minimum Gasteiger partial charge on any atom is -0.336 e. The largest absolute Gasteiger partial charge is 0.336 e. The first kappa shape index (κ1) is 20.0. The van der Waals surface area contributed by atoms with Crippen molar-refractivity contribution in [1.29, 1.82) is 0 Å². The van der Waals surface area contributed by atoms with Crippen LogP contribution in [0.15, 0.2) is 54.0 Å². The van der Waals surface area contributed by atoms with E-state index in [1.165, 1.54) is 35.2 Å². The van der Waals surface area contributed by atoms with Crippen LogP contribution in [0.4, 0.5) is 4.39 Å². The van der Waals surface area contributed by atoms with Gasteiger partial charge in [0.1, 0.15) is 24.0 Å². The third-order valence-corrected chi connectivity index (χ3v) is 5.39. The van der Waals surface area contributed by atoms with Gasteiger partial charge in [0.2, 0.25) is 0 Å². The maximum absolute atomic E-state index is 13.2. The van der Waals surface area contributed by atoms with Crippen LogP contribution in [0.2, 0.25) is 0 Å². The Morgan fingerprint density at radius 3 is 2.47 bits per heavy atom. The van der Waals surface area contributed by atoms with Gasteiger partial charge in [-0.05, 0) is 42.8 Å². The number of hydrogen-bond donors (Lipinski definition) is 0. The SMILES string of the molecule is Cc1ccn(-c2ccc(F)cc2)c(=O)c1C(=O)N1CCN(CCn2cncn2)CC1. The second-order valence-electron chi connectivity index (χ2n) is 7.32. The number of nitrogens with zero attached hydrogens (tertiary/aromatic N) is 6. The minimum atomic E-state index is -0.389. The Morgan fingerprint density at radius 2 is 1.80 bits per heavy atom. The fourth-order valence-electron chi connectivity index (χ4n) is 3.62. The molecule has 0 N–H and O–H groups in total. The third kappa shape index (κ3) is 4.16. The fraction of sp³-hybridized carbons (Fsp3) is 0.333. The topological polar surface area (TPSA) is 76.3 Å². The Morgan fingerprint density at radius 1 is 1.07 bits per heavy atom. The summed E-state index contributed by atoms with van der Waals surface area (Å²) in [6.45, 7) is 5.91. The lowest BCUT2D eigenvalue weighted by Gasteiger charge is -2.34. The van der Waals surface area contributed by atoms with Gasteiger partial charge >= 0.3 is 0 Å². The number of aromatic nitrogens is 4. The molecule has 0 atom stereocenters. The molecule has 2 aromatic heterocycles. The number of halogens is 1. The van der Waals surface area contributed by atoms with E-state index in [4.69, 9.17) is 0 Å². The second kappa shape index (κ2) is 8.58. The molecule has 1 amide bonds. The van der Waals surface area contributed by atoms with E-state index in [2.05, 4.69) is 15.0 Å². The summed E-state index contributed by atoms with van der Waals surface area (Å²) in [6.07, 6.45) is 4.81. The maximum Gasteiger partial charge on any atom is 0.268 e. The van der Waals surface area contributed by atoms with E-state index in [1.54, 1.807) is 35.1 Å². The Bertz CT molecular complexity index is 1070. The van der Waals surface area contributed by atoms with Crippen molar-refractivity contribution in [3.8, 4) is 5.69 Å². The standard InChI is InChI=1S/C21H23FN6O2/c1-16-6-7-28(18-4-2-17(22)3-5-18)21(30)19(16)20(29)26-11-8-25(9-12-26)10-13-27-15-23-14-24-27/h2-7,14-15H,8-13H2,1H3. The Labute approximate surface area is 173 Å². The number of amides is 1. The highest BCUT2D eigenvalue weighted by atomic mass is 19.1. The summed E-state index contributed by atoms with van der Waals surface area (Å²) >= 11 is 0. The molecule has 156 valence electrons. The van der Waals surface area contributed by atoms with Gasteiger partial charge in [0.25, 0.3) is 11.5 Å². The lowest BCUT2D eigenvalue weighted by atomic mass is 10.1. The van der Waals surface area contributed by atoms with Crippen molar-refractivity contribution in [3.05, 3.63) is 76.5 Å². The predicted molar refractivity (Wildman–Crippen MR) is 109 cm³/mol. The van der Waals surface area contributed by atoms with Crippen LogP contribution in [-0.2, 0) is 6.54 Å². The molecule has 1 aliphatic rings. The number of carbonyl (C=O) groups is 1. The Hall–Kier alpha value is -3.33. The summed E-state index contributed by atoms with van der Waals surface area (Å²) in [4.78, 5) is 34.1. The average molecular weight is 410 g/mol. The summed E-state index contributed by atoms with van der Waals surface area (Å²) in [5, 5.41) is 4.10. The van der Waals surface area contributed by atoms with Gasteiger partial charge in [0.15, 0.2) is 0 Å². The summed E-state index contributed by atoms with van der Waals surface area (Å²) in [7, 11) is 0. The zero-order valence-electron chi connectivity index (χ0n) is 16.7. The summed E-state index contributed by atoms with van der Waals surface area (Å²) in [6, 6.07) is 7.37. The minimum absolute atomic E-state index is 0.165. The molecule has 0 radical (unpaired) electrons. The number of piperazine rings is 1. The fourth-order valence-corrected chi connectivity index (χ4v) is 3.62. The molecule has 1 saturated heterocycles. The van der Waals surface area contributed by atoms with Gasteiger partial charge in [-0.25, -0.2) is 9.37 Å². The highest BCUT2D eigenvalue weighted by molar-refractivity contribution is 5.95. The Kier molecular flexibility index (Phi) is 5.71. The molecule has 0 bridgehead atoms. The molecule has 4 rings (SSSR count). The van der Waals surface area contributed by atoms with Crippen molar-refractivity contribution in [1.82, 2.24) is 29.1 Å². The van der Waals surface area contributed by atoms with E-state index in [0.717, 1.165) is 26.2 Å². The number of benzene rings is 1. The molecular weight excluding hydrogens is 387 g/mol. The van der Waals surface area contributed by atoms with Crippen LogP contribution in [0.3, 0.4) is 0 Å². The van der Waals surface area contributed by atoms with Crippen molar-refractivity contribution in [2.24, 2.45) is 0 Å². The van der Waals surface area contributed by atoms with Crippen molar-refractivity contribution < 1.29 is 9.18 Å². The number of rotatable bonds is 5. The van der Waals surface area contributed by atoms with Gasteiger partial charge in [0.05, 0.1) is 6.54 Å². The van der Waals surface area contributed by atoms with E-state index in [-0.39, 0.29) is 22.8 Å². The number of hydrogen-bond acceptors (Lipinski definition) is 5. The van der Waals surface area contributed by atoms with Gasteiger partial charge in [-0.15, -0.1) is 0 Å². The molecule has 3 aromatic rings. The van der Waals surface area contributed by atoms with Gasteiger partial charge < -0.3 is 4.90 Å². The third-order valence-electron chi connectivity index (χ3n) is 5.39. The number of pyridine rings is 1. The van der Waals surface area contributed by atoms with Crippen LogP contribution < -0.4 is 5.56 Å². The molecule has 0 unspecified atom stereocenters. The first-order valence-electron chi connectivity index (χ1n) is 9.85. The van der Waals surface area contributed by atoms with Crippen molar-refractivity contribution in [3.63, 3.8) is 0 Å². The van der Waals surface area contributed by atoms with Crippen LogP contribution >= 0.6 is 0 Å².